The highest BCUT2D eigenvalue weighted by Gasteiger charge is 2.24. The van der Waals surface area contributed by atoms with Gasteiger partial charge in [0.05, 0.1) is 33.4 Å². The predicted molar refractivity (Wildman–Crippen MR) is 292 cm³/mol. The normalized spacial score (nSPS) is 11.5. The molecule has 2 aromatic heterocycles. The van der Waals surface area contributed by atoms with Gasteiger partial charge in [0.2, 0.25) is 0 Å². The van der Waals surface area contributed by atoms with Crippen LogP contribution in [0.2, 0.25) is 0 Å². The van der Waals surface area contributed by atoms with Gasteiger partial charge in [0, 0.05) is 44.2 Å². The minimum absolute atomic E-state index is 1.07. The summed E-state index contributed by atoms with van der Waals surface area (Å²) < 4.78 is 4.78. The van der Waals surface area contributed by atoms with Gasteiger partial charge in [-0.2, -0.15) is 0 Å². The summed E-state index contributed by atoms with van der Waals surface area (Å²) in [6.45, 7) is 0. The lowest BCUT2D eigenvalue weighted by Crippen LogP contribution is -2.12. The Morgan fingerprint density at radius 3 is 1.38 bits per heavy atom. The van der Waals surface area contributed by atoms with Gasteiger partial charge >= 0.3 is 0 Å². The van der Waals surface area contributed by atoms with Crippen LogP contribution in [0.25, 0.3) is 99.5 Å². The third-order valence-corrected chi connectivity index (χ3v) is 13.7. The zero-order chi connectivity index (χ0) is 45.7. The van der Waals surface area contributed by atoms with E-state index in [1.165, 1.54) is 71.5 Å². The van der Waals surface area contributed by atoms with E-state index in [0.717, 1.165) is 45.1 Å². The number of aromatic nitrogens is 2. The van der Waals surface area contributed by atoms with Gasteiger partial charge in [-0.15, -0.1) is 0 Å². The van der Waals surface area contributed by atoms with Crippen LogP contribution in [0.15, 0.2) is 273 Å². The highest BCUT2D eigenvalue weighted by molar-refractivity contribution is 6.17. The molecule has 0 radical (unpaired) electrons. The van der Waals surface area contributed by atoms with Crippen LogP contribution in [0.4, 0.5) is 17.1 Å². The largest absolute Gasteiger partial charge is 0.309 e. The summed E-state index contributed by atoms with van der Waals surface area (Å²) in [4.78, 5) is 2.49. The van der Waals surface area contributed by atoms with Gasteiger partial charge in [0.15, 0.2) is 0 Å². The van der Waals surface area contributed by atoms with Crippen LogP contribution in [-0.2, 0) is 0 Å². The molecule has 0 fully saturated rings. The molecule has 3 heteroatoms. The minimum atomic E-state index is 1.07. The Morgan fingerprint density at radius 2 is 0.696 bits per heavy atom. The number of nitrogens with zero attached hydrogens (tertiary/aromatic N) is 3. The maximum Gasteiger partial charge on any atom is 0.0562 e. The second-order valence-electron chi connectivity index (χ2n) is 17.6. The Labute approximate surface area is 401 Å². The molecular formula is C66H45N3. The molecule has 0 unspecified atom stereocenters. The lowest BCUT2D eigenvalue weighted by Gasteiger charge is -2.29. The van der Waals surface area contributed by atoms with Gasteiger partial charge < -0.3 is 14.0 Å². The van der Waals surface area contributed by atoms with Gasteiger partial charge in [0.25, 0.3) is 0 Å². The van der Waals surface area contributed by atoms with Crippen LogP contribution >= 0.6 is 0 Å². The van der Waals surface area contributed by atoms with Crippen LogP contribution in [-0.4, -0.2) is 9.13 Å². The summed E-state index contributed by atoms with van der Waals surface area (Å²) in [7, 11) is 0. The Balaban J connectivity index is 1.02. The lowest BCUT2D eigenvalue weighted by atomic mass is 9.88. The monoisotopic (exact) mass is 879 g/mol. The van der Waals surface area contributed by atoms with Crippen molar-refractivity contribution in [1.29, 1.82) is 0 Å². The van der Waals surface area contributed by atoms with Gasteiger partial charge in [-0.3, -0.25) is 0 Å². The van der Waals surface area contributed by atoms with E-state index >= 15 is 0 Å². The average molecular weight is 880 g/mol. The van der Waals surface area contributed by atoms with E-state index in [0.29, 0.717) is 0 Å². The van der Waals surface area contributed by atoms with Crippen molar-refractivity contribution in [2.75, 3.05) is 4.90 Å². The van der Waals surface area contributed by atoms with Crippen molar-refractivity contribution in [3.8, 4) is 55.9 Å². The zero-order valence-electron chi connectivity index (χ0n) is 37.8. The molecule has 0 aliphatic heterocycles. The van der Waals surface area contributed by atoms with Crippen molar-refractivity contribution >= 4 is 60.7 Å². The quantitative estimate of drug-likeness (QED) is 0.141. The first kappa shape index (κ1) is 40.1. The molecule has 2 heterocycles. The summed E-state index contributed by atoms with van der Waals surface area (Å²) in [6, 6.07) is 99.2. The number of benzene rings is 11. The van der Waals surface area contributed by atoms with Crippen molar-refractivity contribution in [3.63, 3.8) is 0 Å². The lowest BCUT2D eigenvalue weighted by molar-refractivity contribution is 1.18. The topological polar surface area (TPSA) is 13.1 Å². The second-order valence-corrected chi connectivity index (χ2v) is 17.6. The van der Waals surface area contributed by atoms with Crippen LogP contribution < -0.4 is 4.90 Å². The summed E-state index contributed by atoms with van der Waals surface area (Å²) in [6.07, 6.45) is 0. The number of hydrogen-bond donors (Lipinski definition) is 0. The molecule has 0 saturated carbocycles. The van der Waals surface area contributed by atoms with Crippen molar-refractivity contribution in [2.45, 2.75) is 0 Å². The molecule has 324 valence electrons. The molecule has 13 aromatic rings. The Bertz CT molecular complexity index is 4000. The summed E-state index contributed by atoms with van der Waals surface area (Å²) in [5.41, 5.74) is 19.7. The SMILES string of the molecule is c1ccc(-c2ccccc2-c2ccccc2-c2ccccc2N(c2ccc(-c3ccc4c(c3)c3ccccc3n4-c3ccccc3)cc2)c2cccc3c2c2ccccc2n3-c2ccccc2)cc1. The first-order valence-corrected chi connectivity index (χ1v) is 23.7. The Morgan fingerprint density at radius 1 is 0.246 bits per heavy atom. The van der Waals surface area contributed by atoms with E-state index in [-0.39, 0.29) is 0 Å². The molecule has 11 aromatic carbocycles. The maximum absolute atomic E-state index is 2.49. The summed E-state index contributed by atoms with van der Waals surface area (Å²) in [5, 5.41) is 4.87. The molecule has 0 bridgehead atoms. The van der Waals surface area contributed by atoms with E-state index in [1.807, 2.05) is 0 Å². The molecular weight excluding hydrogens is 835 g/mol. The third kappa shape index (κ3) is 6.82. The highest BCUT2D eigenvalue weighted by Crippen LogP contribution is 2.49. The smallest absolute Gasteiger partial charge is 0.0562 e. The predicted octanol–water partition coefficient (Wildman–Crippen LogP) is 18.0. The number of rotatable bonds is 9. The first-order chi connectivity index (χ1) is 34.3. The fraction of sp³-hybridized carbons (Fsp3) is 0. The maximum atomic E-state index is 2.49. The standard InChI is InChI=1S/C66H45N3/c1-4-21-47(22-5-1)52-27-10-11-28-53(52)54-29-12-13-30-55(54)56-31-14-17-34-60(56)69(65-38-20-37-64-66(65)58-33-16-19-36-62(58)68(64)50-25-8-3-9-26-50)51-42-39-46(40-43-51)48-41-44-63-59(45-48)57-32-15-18-35-61(57)67(63)49-23-6-2-7-24-49/h1-45H. The second kappa shape index (κ2) is 16.9. The van der Waals surface area contributed by atoms with E-state index < -0.39 is 0 Å². The molecule has 0 spiro atoms. The van der Waals surface area contributed by atoms with E-state index in [1.54, 1.807) is 0 Å². The molecule has 3 nitrogen and oxygen atoms in total. The first-order valence-electron chi connectivity index (χ1n) is 23.7. The fourth-order valence-corrected chi connectivity index (χ4v) is 10.7. The van der Waals surface area contributed by atoms with Gasteiger partial charge in [-0.25, -0.2) is 0 Å². The molecule has 0 atom stereocenters. The Kier molecular flexibility index (Phi) is 9.84. The number of anilines is 3. The van der Waals surface area contributed by atoms with Crippen molar-refractivity contribution in [1.82, 2.24) is 9.13 Å². The van der Waals surface area contributed by atoms with Crippen LogP contribution in [0.5, 0.6) is 0 Å². The van der Waals surface area contributed by atoms with Gasteiger partial charge in [-0.05, 0) is 118 Å². The van der Waals surface area contributed by atoms with E-state index in [4.69, 9.17) is 0 Å². The number of fused-ring (bicyclic) bond motifs is 6. The zero-order valence-corrected chi connectivity index (χ0v) is 37.8. The number of para-hydroxylation sites is 5. The van der Waals surface area contributed by atoms with E-state index in [9.17, 15) is 0 Å². The third-order valence-electron chi connectivity index (χ3n) is 13.7. The fourth-order valence-electron chi connectivity index (χ4n) is 10.7. The highest BCUT2D eigenvalue weighted by atomic mass is 15.2. The van der Waals surface area contributed by atoms with Crippen LogP contribution in [0.1, 0.15) is 0 Å². The molecule has 0 saturated heterocycles. The van der Waals surface area contributed by atoms with Gasteiger partial charge in [0.1, 0.15) is 0 Å². The van der Waals surface area contributed by atoms with Gasteiger partial charge in [-0.1, -0.05) is 194 Å². The molecule has 0 aliphatic carbocycles. The Hall–Kier alpha value is -9.18. The summed E-state index contributed by atoms with van der Waals surface area (Å²) in [5.74, 6) is 0. The number of hydrogen-bond acceptors (Lipinski definition) is 1. The molecule has 13 rings (SSSR count). The molecule has 0 N–H and O–H groups in total. The van der Waals surface area contributed by atoms with E-state index in [2.05, 4.69) is 287 Å². The minimum Gasteiger partial charge on any atom is -0.309 e. The van der Waals surface area contributed by atoms with Crippen molar-refractivity contribution in [2.24, 2.45) is 0 Å². The van der Waals surface area contributed by atoms with Crippen LogP contribution in [0, 0.1) is 0 Å². The van der Waals surface area contributed by atoms with Crippen molar-refractivity contribution < 1.29 is 0 Å². The molecule has 0 aliphatic rings. The molecule has 69 heavy (non-hydrogen) atoms. The van der Waals surface area contributed by atoms with Crippen molar-refractivity contribution in [3.05, 3.63) is 273 Å². The molecule has 0 amide bonds. The van der Waals surface area contributed by atoms with Crippen LogP contribution in [0.3, 0.4) is 0 Å². The average Bonchev–Trinajstić information content (AvgIpc) is 3.95. The summed E-state index contributed by atoms with van der Waals surface area (Å²) >= 11 is 0.